The van der Waals surface area contributed by atoms with Crippen LogP contribution in [0.1, 0.15) is 10.9 Å². The standard InChI is InChI=1S/C15H10Cl2N2O3S/c16-11-2-1-3-12(14(11)17)18-13(20)8-23-15(18)9-4-6-10(7-5-9)19(21)22/h1-7,15H,8H2. The van der Waals surface area contributed by atoms with Crippen LogP contribution >= 0.6 is 35.0 Å². The van der Waals surface area contributed by atoms with Gasteiger partial charge in [-0.2, -0.15) is 0 Å². The number of rotatable bonds is 3. The Hall–Kier alpha value is -1.76. The molecule has 0 N–H and O–H groups in total. The number of carbonyl (C=O) groups excluding carboxylic acids is 1. The lowest BCUT2D eigenvalue weighted by Gasteiger charge is -2.25. The second-order valence-electron chi connectivity index (χ2n) is 4.85. The zero-order valence-corrected chi connectivity index (χ0v) is 13.9. The van der Waals surface area contributed by atoms with E-state index in [1.807, 2.05) is 0 Å². The molecule has 1 unspecified atom stereocenters. The number of anilines is 1. The third-order valence-corrected chi connectivity index (χ3v) is 5.47. The first-order chi connectivity index (χ1) is 11.0. The van der Waals surface area contributed by atoms with Gasteiger partial charge in [-0.3, -0.25) is 19.8 Å². The van der Waals surface area contributed by atoms with Gasteiger partial charge in [0.1, 0.15) is 5.37 Å². The van der Waals surface area contributed by atoms with Gasteiger partial charge in [-0.1, -0.05) is 29.3 Å². The zero-order valence-electron chi connectivity index (χ0n) is 11.6. The number of non-ortho nitro benzene ring substituents is 1. The maximum atomic E-state index is 12.3. The minimum atomic E-state index is -0.456. The van der Waals surface area contributed by atoms with Gasteiger partial charge < -0.3 is 0 Å². The predicted molar refractivity (Wildman–Crippen MR) is 92.2 cm³/mol. The summed E-state index contributed by atoms with van der Waals surface area (Å²) < 4.78 is 0. The molecule has 0 aromatic heterocycles. The Labute approximate surface area is 146 Å². The summed E-state index contributed by atoms with van der Waals surface area (Å²) in [6.45, 7) is 0. The summed E-state index contributed by atoms with van der Waals surface area (Å²) >= 11 is 13.7. The van der Waals surface area contributed by atoms with Crippen LogP contribution in [0.3, 0.4) is 0 Å². The lowest BCUT2D eigenvalue weighted by atomic mass is 10.1. The number of thioether (sulfide) groups is 1. The maximum absolute atomic E-state index is 12.3. The van der Waals surface area contributed by atoms with Crippen LogP contribution < -0.4 is 4.90 Å². The van der Waals surface area contributed by atoms with E-state index in [1.165, 1.54) is 23.9 Å². The first-order valence-corrected chi connectivity index (χ1v) is 8.41. The molecule has 2 aromatic rings. The number of nitrogens with zero attached hydrogens (tertiary/aromatic N) is 2. The van der Waals surface area contributed by atoms with Crippen molar-refractivity contribution in [2.45, 2.75) is 5.37 Å². The van der Waals surface area contributed by atoms with Crippen LogP contribution in [0.5, 0.6) is 0 Å². The SMILES string of the molecule is O=C1CSC(c2ccc([N+](=O)[O-])cc2)N1c1cccc(Cl)c1Cl. The third-order valence-electron chi connectivity index (χ3n) is 3.45. The van der Waals surface area contributed by atoms with Crippen molar-refractivity contribution in [1.29, 1.82) is 0 Å². The normalized spacial score (nSPS) is 17.6. The number of carbonyl (C=O) groups is 1. The van der Waals surface area contributed by atoms with Gasteiger partial charge in [0.25, 0.3) is 5.69 Å². The van der Waals surface area contributed by atoms with E-state index in [0.29, 0.717) is 21.5 Å². The number of nitro benzene ring substituents is 1. The Balaban J connectivity index is 2.00. The Morgan fingerprint density at radius 3 is 2.52 bits per heavy atom. The molecule has 1 heterocycles. The van der Waals surface area contributed by atoms with Crippen LogP contribution in [0.2, 0.25) is 10.0 Å². The summed E-state index contributed by atoms with van der Waals surface area (Å²) in [6.07, 6.45) is 0. The van der Waals surface area contributed by atoms with Crippen LogP contribution in [-0.4, -0.2) is 16.6 Å². The van der Waals surface area contributed by atoms with E-state index in [4.69, 9.17) is 23.2 Å². The van der Waals surface area contributed by atoms with Gasteiger partial charge in [-0.25, -0.2) is 0 Å². The molecule has 0 aliphatic carbocycles. The molecule has 1 aliphatic heterocycles. The lowest BCUT2D eigenvalue weighted by molar-refractivity contribution is -0.384. The summed E-state index contributed by atoms with van der Waals surface area (Å²) in [6, 6.07) is 11.3. The smallest absolute Gasteiger partial charge is 0.269 e. The van der Waals surface area contributed by atoms with Gasteiger partial charge in [0.2, 0.25) is 5.91 Å². The summed E-state index contributed by atoms with van der Waals surface area (Å²) in [5.41, 5.74) is 1.34. The first kappa shape index (κ1) is 16.1. The van der Waals surface area contributed by atoms with Crippen LogP contribution in [-0.2, 0) is 4.79 Å². The number of hydrogen-bond donors (Lipinski definition) is 0. The maximum Gasteiger partial charge on any atom is 0.269 e. The van der Waals surface area contributed by atoms with E-state index < -0.39 is 4.92 Å². The fourth-order valence-corrected chi connectivity index (χ4v) is 3.93. The summed E-state index contributed by atoms with van der Waals surface area (Å²) in [5, 5.41) is 11.2. The molecule has 1 fully saturated rings. The Kier molecular flexibility index (Phi) is 4.48. The number of halogens is 2. The van der Waals surface area contributed by atoms with Crippen LogP contribution in [0.4, 0.5) is 11.4 Å². The average Bonchev–Trinajstić information content (AvgIpc) is 2.92. The summed E-state index contributed by atoms with van der Waals surface area (Å²) in [5.74, 6) is 0.229. The monoisotopic (exact) mass is 368 g/mol. The molecule has 0 bridgehead atoms. The van der Waals surface area contributed by atoms with Gasteiger partial charge in [0.15, 0.2) is 0 Å². The minimum Gasteiger partial charge on any atom is -0.293 e. The molecular weight excluding hydrogens is 359 g/mol. The number of hydrogen-bond acceptors (Lipinski definition) is 4. The third kappa shape index (κ3) is 3.02. The second kappa shape index (κ2) is 6.39. The second-order valence-corrected chi connectivity index (χ2v) is 6.70. The molecule has 2 aromatic carbocycles. The lowest BCUT2D eigenvalue weighted by Crippen LogP contribution is -2.28. The van der Waals surface area contributed by atoms with Crippen molar-refractivity contribution in [2.75, 3.05) is 10.7 Å². The highest BCUT2D eigenvalue weighted by atomic mass is 35.5. The van der Waals surface area contributed by atoms with Gasteiger partial charge in [-0.15, -0.1) is 11.8 Å². The highest BCUT2D eigenvalue weighted by Crippen LogP contribution is 2.45. The van der Waals surface area contributed by atoms with Crippen molar-refractivity contribution < 1.29 is 9.72 Å². The topological polar surface area (TPSA) is 63.4 Å². The molecule has 3 rings (SSSR count). The van der Waals surface area contributed by atoms with E-state index in [9.17, 15) is 14.9 Å². The van der Waals surface area contributed by atoms with Crippen molar-refractivity contribution in [2.24, 2.45) is 0 Å². The van der Waals surface area contributed by atoms with E-state index in [-0.39, 0.29) is 17.0 Å². The van der Waals surface area contributed by atoms with Gasteiger partial charge in [-0.05, 0) is 29.8 Å². The molecule has 8 heteroatoms. The van der Waals surface area contributed by atoms with E-state index >= 15 is 0 Å². The largest absolute Gasteiger partial charge is 0.293 e. The molecule has 1 saturated heterocycles. The Bertz CT molecular complexity index is 783. The molecular formula is C15H10Cl2N2O3S. The highest BCUT2D eigenvalue weighted by Gasteiger charge is 2.35. The fourth-order valence-electron chi connectivity index (χ4n) is 2.37. The van der Waals surface area contributed by atoms with Crippen molar-refractivity contribution in [1.82, 2.24) is 0 Å². The van der Waals surface area contributed by atoms with Crippen molar-refractivity contribution in [3.8, 4) is 0 Å². The van der Waals surface area contributed by atoms with Crippen molar-refractivity contribution in [3.05, 3.63) is 68.2 Å². The molecule has 5 nitrogen and oxygen atoms in total. The van der Waals surface area contributed by atoms with Gasteiger partial charge in [0, 0.05) is 12.1 Å². The molecule has 1 amide bonds. The molecule has 0 saturated carbocycles. The summed E-state index contributed by atoms with van der Waals surface area (Å²) in [4.78, 5) is 24.2. The first-order valence-electron chi connectivity index (χ1n) is 6.61. The van der Waals surface area contributed by atoms with Crippen LogP contribution in [0, 0.1) is 10.1 Å². The number of benzene rings is 2. The minimum absolute atomic E-state index is 0.00964. The fraction of sp³-hybridized carbons (Fsp3) is 0.133. The number of nitro groups is 1. The van der Waals surface area contributed by atoms with E-state index in [2.05, 4.69) is 0 Å². The molecule has 1 aliphatic rings. The highest BCUT2D eigenvalue weighted by molar-refractivity contribution is 8.00. The van der Waals surface area contributed by atoms with Gasteiger partial charge >= 0.3 is 0 Å². The molecule has 118 valence electrons. The zero-order chi connectivity index (χ0) is 16.6. The quantitative estimate of drug-likeness (QED) is 0.582. The average molecular weight is 369 g/mol. The van der Waals surface area contributed by atoms with Gasteiger partial charge in [0.05, 0.1) is 26.4 Å². The van der Waals surface area contributed by atoms with E-state index in [0.717, 1.165) is 5.56 Å². The Morgan fingerprint density at radius 2 is 1.87 bits per heavy atom. The van der Waals surface area contributed by atoms with Crippen molar-refractivity contribution >= 4 is 52.2 Å². The molecule has 23 heavy (non-hydrogen) atoms. The Morgan fingerprint density at radius 1 is 1.17 bits per heavy atom. The van der Waals surface area contributed by atoms with Crippen LogP contribution in [0.25, 0.3) is 0 Å². The van der Waals surface area contributed by atoms with E-state index in [1.54, 1.807) is 35.2 Å². The molecule has 1 atom stereocenters. The summed E-state index contributed by atoms with van der Waals surface area (Å²) in [7, 11) is 0. The predicted octanol–water partition coefficient (Wildman–Crippen LogP) is 4.68. The molecule has 0 spiro atoms. The van der Waals surface area contributed by atoms with Crippen molar-refractivity contribution in [3.63, 3.8) is 0 Å². The number of amides is 1. The van der Waals surface area contributed by atoms with Crippen LogP contribution in [0.15, 0.2) is 42.5 Å². The molecule has 0 radical (unpaired) electrons.